The molecule has 1 aromatic rings. The molecule has 0 aliphatic carbocycles. The van der Waals surface area contributed by atoms with E-state index >= 15 is 0 Å². The second kappa shape index (κ2) is 13.6. The van der Waals surface area contributed by atoms with Crippen LogP contribution in [0, 0.1) is 0 Å². The van der Waals surface area contributed by atoms with Crippen molar-refractivity contribution in [2.45, 2.75) is 58.6 Å². The lowest BCUT2D eigenvalue weighted by molar-refractivity contribution is -0.145. The number of ether oxygens (including phenoxy) is 2. The number of unbranched alkanes of at least 4 members (excludes halogenated alkanes) is 2. The van der Waals surface area contributed by atoms with Crippen molar-refractivity contribution < 1.29 is 23.9 Å². The van der Waals surface area contributed by atoms with E-state index in [2.05, 4.69) is 17.6 Å². The minimum atomic E-state index is -0.922. The molecule has 1 aromatic carbocycles. The number of benzene rings is 1. The van der Waals surface area contributed by atoms with Crippen molar-refractivity contribution in [3.05, 3.63) is 35.9 Å². The normalized spacial score (nSPS) is 11.3. The van der Waals surface area contributed by atoms with Crippen LogP contribution in [0.5, 0.6) is 0 Å². The Balaban J connectivity index is 2.44. The first-order valence-electron chi connectivity index (χ1n) is 9.47. The second-order valence-electron chi connectivity index (χ2n) is 6.11. The second-order valence-corrected chi connectivity index (χ2v) is 6.11. The summed E-state index contributed by atoms with van der Waals surface area (Å²) in [5.74, 6) is -0.729. The number of hydrogen-bond donors (Lipinski definition) is 2. The summed E-state index contributed by atoms with van der Waals surface area (Å²) in [6.07, 6.45) is 2.61. The molecule has 0 bridgehead atoms. The SMILES string of the molecule is CCCCCNC(=O)CC[C@@H](NC(=O)OCc1ccccc1)C(=O)OCC. The highest BCUT2D eigenvalue weighted by molar-refractivity contribution is 5.82. The largest absolute Gasteiger partial charge is 0.464 e. The molecule has 1 rings (SSSR count). The van der Waals surface area contributed by atoms with Gasteiger partial charge >= 0.3 is 12.1 Å². The van der Waals surface area contributed by atoms with E-state index in [1.807, 2.05) is 30.3 Å². The van der Waals surface area contributed by atoms with Crippen LogP contribution in [0.1, 0.15) is 51.5 Å². The van der Waals surface area contributed by atoms with Crippen LogP contribution in [-0.4, -0.2) is 37.2 Å². The lowest BCUT2D eigenvalue weighted by Crippen LogP contribution is -2.43. The fourth-order valence-electron chi connectivity index (χ4n) is 2.37. The zero-order valence-corrected chi connectivity index (χ0v) is 16.2. The summed E-state index contributed by atoms with van der Waals surface area (Å²) in [6.45, 7) is 4.68. The molecule has 0 fully saturated rings. The van der Waals surface area contributed by atoms with Gasteiger partial charge in [0.25, 0.3) is 0 Å². The third-order valence-electron chi connectivity index (χ3n) is 3.84. The number of carbonyl (C=O) groups is 3. The third-order valence-corrected chi connectivity index (χ3v) is 3.84. The maximum atomic E-state index is 12.0. The number of esters is 1. The smallest absolute Gasteiger partial charge is 0.408 e. The Bertz CT molecular complexity index is 577. The van der Waals surface area contributed by atoms with E-state index in [1.54, 1.807) is 6.92 Å². The van der Waals surface area contributed by atoms with Gasteiger partial charge in [-0.25, -0.2) is 9.59 Å². The molecular formula is C20H30N2O5. The Morgan fingerprint density at radius 1 is 1.04 bits per heavy atom. The molecule has 2 N–H and O–H groups in total. The summed E-state index contributed by atoms with van der Waals surface area (Å²) >= 11 is 0. The van der Waals surface area contributed by atoms with Crippen LogP contribution < -0.4 is 10.6 Å². The van der Waals surface area contributed by atoms with E-state index in [1.165, 1.54) is 0 Å². The van der Waals surface area contributed by atoms with E-state index in [-0.39, 0.29) is 32.0 Å². The molecule has 0 saturated carbocycles. The molecule has 150 valence electrons. The molecule has 0 aromatic heterocycles. The predicted molar refractivity (Wildman–Crippen MR) is 102 cm³/mol. The molecule has 1 atom stereocenters. The average molecular weight is 378 g/mol. The molecule has 2 amide bonds. The number of rotatable bonds is 12. The highest BCUT2D eigenvalue weighted by Gasteiger charge is 2.23. The minimum Gasteiger partial charge on any atom is -0.464 e. The Labute approximate surface area is 160 Å². The van der Waals surface area contributed by atoms with Crippen LogP contribution in [0.2, 0.25) is 0 Å². The zero-order chi connectivity index (χ0) is 19.9. The number of hydrogen-bond acceptors (Lipinski definition) is 5. The van der Waals surface area contributed by atoms with Crippen molar-refractivity contribution in [3.63, 3.8) is 0 Å². The summed E-state index contributed by atoms with van der Waals surface area (Å²) in [5, 5.41) is 5.30. The van der Waals surface area contributed by atoms with Gasteiger partial charge in [-0.2, -0.15) is 0 Å². The summed E-state index contributed by atoms with van der Waals surface area (Å²) in [6, 6.07) is 8.30. The molecule has 0 aliphatic heterocycles. The molecular weight excluding hydrogens is 348 g/mol. The summed E-state index contributed by atoms with van der Waals surface area (Å²) in [7, 11) is 0. The van der Waals surface area contributed by atoms with E-state index < -0.39 is 18.1 Å². The Kier molecular flexibility index (Phi) is 11.3. The topological polar surface area (TPSA) is 93.7 Å². The van der Waals surface area contributed by atoms with Gasteiger partial charge in [-0.1, -0.05) is 50.1 Å². The van der Waals surface area contributed by atoms with E-state index in [0.29, 0.717) is 6.54 Å². The maximum Gasteiger partial charge on any atom is 0.408 e. The number of nitrogens with one attached hydrogen (secondary N) is 2. The van der Waals surface area contributed by atoms with Crippen molar-refractivity contribution in [2.24, 2.45) is 0 Å². The quantitative estimate of drug-likeness (QED) is 0.431. The number of carbonyl (C=O) groups excluding carboxylic acids is 3. The maximum absolute atomic E-state index is 12.0. The fraction of sp³-hybridized carbons (Fsp3) is 0.550. The molecule has 7 heteroatoms. The molecule has 0 unspecified atom stereocenters. The fourth-order valence-corrected chi connectivity index (χ4v) is 2.37. The van der Waals surface area contributed by atoms with Crippen LogP contribution in [0.4, 0.5) is 4.79 Å². The molecule has 0 radical (unpaired) electrons. The lowest BCUT2D eigenvalue weighted by Gasteiger charge is -2.17. The van der Waals surface area contributed by atoms with Gasteiger partial charge in [0.1, 0.15) is 12.6 Å². The predicted octanol–water partition coefficient (Wildman–Crippen LogP) is 2.93. The van der Waals surface area contributed by atoms with Gasteiger partial charge in [0.05, 0.1) is 6.61 Å². The Morgan fingerprint density at radius 2 is 1.78 bits per heavy atom. The summed E-state index contributed by atoms with van der Waals surface area (Å²) in [4.78, 5) is 35.9. The van der Waals surface area contributed by atoms with Gasteiger partial charge in [-0.05, 0) is 25.3 Å². The third kappa shape index (κ3) is 10.2. The number of amides is 2. The van der Waals surface area contributed by atoms with Gasteiger partial charge in [0.15, 0.2) is 0 Å². The van der Waals surface area contributed by atoms with Crippen molar-refractivity contribution in [3.8, 4) is 0 Å². The standard InChI is InChI=1S/C20H30N2O5/c1-3-5-9-14-21-18(23)13-12-17(19(24)26-4-2)22-20(25)27-15-16-10-7-6-8-11-16/h6-8,10-11,17H,3-5,9,12-15H2,1-2H3,(H,21,23)(H,22,25)/t17-/m1/s1. The van der Waals surface area contributed by atoms with Gasteiger partial charge in [0, 0.05) is 13.0 Å². The van der Waals surface area contributed by atoms with Gasteiger partial charge in [0.2, 0.25) is 5.91 Å². The molecule has 27 heavy (non-hydrogen) atoms. The van der Waals surface area contributed by atoms with Crippen LogP contribution >= 0.6 is 0 Å². The van der Waals surface area contributed by atoms with E-state index in [4.69, 9.17) is 9.47 Å². The highest BCUT2D eigenvalue weighted by atomic mass is 16.6. The monoisotopic (exact) mass is 378 g/mol. The Morgan fingerprint density at radius 3 is 2.44 bits per heavy atom. The minimum absolute atomic E-state index is 0.0974. The van der Waals surface area contributed by atoms with Crippen molar-refractivity contribution in [1.82, 2.24) is 10.6 Å². The van der Waals surface area contributed by atoms with Crippen molar-refractivity contribution in [2.75, 3.05) is 13.2 Å². The van der Waals surface area contributed by atoms with E-state index in [9.17, 15) is 14.4 Å². The first-order chi connectivity index (χ1) is 13.1. The average Bonchev–Trinajstić information content (AvgIpc) is 2.67. The Hall–Kier alpha value is -2.57. The van der Waals surface area contributed by atoms with Gasteiger partial charge in [-0.15, -0.1) is 0 Å². The van der Waals surface area contributed by atoms with Crippen LogP contribution in [0.15, 0.2) is 30.3 Å². The summed E-state index contributed by atoms with van der Waals surface area (Å²) < 4.78 is 10.1. The van der Waals surface area contributed by atoms with Crippen LogP contribution in [0.3, 0.4) is 0 Å². The van der Waals surface area contributed by atoms with Crippen LogP contribution in [-0.2, 0) is 25.7 Å². The molecule has 7 nitrogen and oxygen atoms in total. The molecule has 0 aliphatic rings. The van der Waals surface area contributed by atoms with Crippen molar-refractivity contribution in [1.29, 1.82) is 0 Å². The number of alkyl carbamates (subject to hydrolysis) is 1. The van der Waals surface area contributed by atoms with Gasteiger partial charge < -0.3 is 20.1 Å². The van der Waals surface area contributed by atoms with Gasteiger partial charge in [-0.3, -0.25) is 4.79 Å². The first kappa shape index (κ1) is 22.5. The zero-order valence-electron chi connectivity index (χ0n) is 16.2. The molecule has 0 heterocycles. The molecule has 0 spiro atoms. The van der Waals surface area contributed by atoms with E-state index in [0.717, 1.165) is 24.8 Å². The first-order valence-corrected chi connectivity index (χ1v) is 9.47. The van der Waals surface area contributed by atoms with Crippen molar-refractivity contribution >= 4 is 18.0 Å². The highest BCUT2D eigenvalue weighted by Crippen LogP contribution is 2.04. The summed E-state index contributed by atoms with van der Waals surface area (Å²) in [5.41, 5.74) is 0.840. The lowest BCUT2D eigenvalue weighted by atomic mass is 10.1. The molecule has 0 saturated heterocycles. The van der Waals surface area contributed by atoms with Crippen LogP contribution in [0.25, 0.3) is 0 Å².